The Morgan fingerprint density at radius 1 is 1.14 bits per heavy atom. The first-order valence-electron chi connectivity index (χ1n) is 6.38. The largest absolute Gasteiger partial charge is 0.508 e. The van der Waals surface area contributed by atoms with Gasteiger partial charge in [0.1, 0.15) is 17.4 Å². The number of imidazole rings is 1. The summed E-state index contributed by atoms with van der Waals surface area (Å²) in [5.74, 6) is 0.286. The van der Waals surface area contributed by atoms with Crippen LogP contribution in [-0.2, 0) is 6.54 Å². The third-order valence-corrected chi connectivity index (χ3v) is 3.51. The molecule has 2 aromatic carbocycles. The van der Waals surface area contributed by atoms with Crippen molar-refractivity contribution >= 4 is 11.6 Å². The predicted octanol–water partition coefficient (Wildman–Crippen LogP) is 4.10. The quantitative estimate of drug-likeness (QED) is 0.791. The van der Waals surface area contributed by atoms with E-state index >= 15 is 0 Å². The van der Waals surface area contributed by atoms with E-state index in [1.54, 1.807) is 36.7 Å². The molecule has 3 rings (SSSR count). The maximum Gasteiger partial charge on any atom is 0.144 e. The van der Waals surface area contributed by atoms with Crippen LogP contribution in [0.2, 0.25) is 5.02 Å². The monoisotopic (exact) mass is 302 g/mol. The maximum absolute atomic E-state index is 14.0. The molecule has 0 bridgehead atoms. The summed E-state index contributed by atoms with van der Waals surface area (Å²) in [6.45, 7) is 0.514. The van der Waals surface area contributed by atoms with Crippen molar-refractivity contribution in [1.82, 2.24) is 9.55 Å². The number of benzene rings is 2. The number of phenols is 1. The van der Waals surface area contributed by atoms with Gasteiger partial charge in [-0.15, -0.1) is 0 Å². The molecular formula is C16H12ClFN2O. The fourth-order valence-corrected chi connectivity index (χ4v) is 2.42. The van der Waals surface area contributed by atoms with Crippen LogP contribution in [0.4, 0.5) is 4.39 Å². The molecule has 0 atom stereocenters. The summed E-state index contributed by atoms with van der Waals surface area (Å²) in [4.78, 5) is 4.21. The zero-order valence-electron chi connectivity index (χ0n) is 11.0. The minimum atomic E-state index is -0.402. The third kappa shape index (κ3) is 2.76. The Hall–Kier alpha value is -2.33. The van der Waals surface area contributed by atoms with Crippen LogP contribution in [0.15, 0.2) is 54.9 Å². The van der Waals surface area contributed by atoms with Crippen molar-refractivity contribution in [3.05, 3.63) is 71.3 Å². The zero-order valence-corrected chi connectivity index (χ0v) is 11.8. The zero-order chi connectivity index (χ0) is 14.8. The first-order chi connectivity index (χ1) is 10.1. The number of halogens is 2. The van der Waals surface area contributed by atoms with Gasteiger partial charge in [0, 0.05) is 18.9 Å². The molecule has 1 heterocycles. The Bertz CT molecular complexity index is 748. The van der Waals surface area contributed by atoms with Crippen molar-refractivity contribution < 1.29 is 9.50 Å². The Morgan fingerprint density at radius 3 is 2.62 bits per heavy atom. The summed E-state index contributed by atoms with van der Waals surface area (Å²) in [7, 11) is 0. The van der Waals surface area contributed by atoms with Gasteiger partial charge in [-0.05, 0) is 29.8 Å². The molecule has 3 aromatic rings. The molecule has 21 heavy (non-hydrogen) atoms. The molecule has 106 valence electrons. The lowest BCUT2D eigenvalue weighted by Gasteiger charge is -2.10. The summed E-state index contributed by atoms with van der Waals surface area (Å²) in [6, 6.07) is 11.4. The van der Waals surface area contributed by atoms with Gasteiger partial charge in [-0.1, -0.05) is 29.8 Å². The summed E-state index contributed by atoms with van der Waals surface area (Å²) < 4.78 is 15.8. The molecule has 0 unspecified atom stereocenters. The Labute approximate surface area is 126 Å². The Balaban J connectivity index is 2.00. The van der Waals surface area contributed by atoms with E-state index in [1.807, 2.05) is 16.7 Å². The number of phenolic OH excluding ortho intramolecular Hbond substituents is 1. The smallest absolute Gasteiger partial charge is 0.144 e. The number of hydrogen-bond acceptors (Lipinski definition) is 2. The van der Waals surface area contributed by atoms with Crippen molar-refractivity contribution in [3.8, 4) is 17.1 Å². The first kappa shape index (κ1) is 13.6. The molecule has 0 radical (unpaired) electrons. The van der Waals surface area contributed by atoms with E-state index in [4.69, 9.17) is 11.6 Å². The fraction of sp³-hybridized carbons (Fsp3) is 0.0625. The van der Waals surface area contributed by atoms with Crippen molar-refractivity contribution in [2.24, 2.45) is 0 Å². The number of hydrogen-bond donors (Lipinski definition) is 1. The molecule has 0 saturated carbocycles. The fourth-order valence-electron chi connectivity index (χ4n) is 2.17. The van der Waals surface area contributed by atoms with E-state index in [1.165, 1.54) is 6.07 Å². The molecule has 0 aliphatic rings. The predicted molar refractivity (Wildman–Crippen MR) is 79.8 cm³/mol. The van der Waals surface area contributed by atoms with E-state index in [9.17, 15) is 9.50 Å². The lowest BCUT2D eigenvalue weighted by molar-refractivity contribution is 0.475. The van der Waals surface area contributed by atoms with Gasteiger partial charge < -0.3 is 9.67 Å². The lowest BCUT2D eigenvalue weighted by Crippen LogP contribution is -2.02. The summed E-state index contributed by atoms with van der Waals surface area (Å²) >= 11 is 6.09. The highest BCUT2D eigenvalue weighted by atomic mass is 35.5. The van der Waals surface area contributed by atoms with Crippen molar-refractivity contribution in [1.29, 1.82) is 0 Å². The molecule has 1 aromatic heterocycles. The van der Waals surface area contributed by atoms with Crippen LogP contribution in [0, 0.1) is 5.82 Å². The number of rotatable bonds is 3. The maximum atomic E-state index is 14.0. The molecule has 0 saturated heterocycles. The molecule has 0 aliphatic heterocycles. The number of aromatic hydroxyl groups is 1. The highest BCUT2D eigenvalue weighted by Crippen LogP contribution is 2.29. The molecule has 0 amide bonds. The van der Waals surface area contributed by atoms with Gasteiger partial charge in [0.15, 0.2) is 0 Å². The first-order valence-corrected chi connectivity index (χ1v) is 6.76. The van der Waals surface area contributed by atoms with Crippen LogP contribution in [-0.4, -0.2) is 14.7 Å². The van der Waals surface area contributed by atoms with Crippen molar-refractivity contribution in [3.63, 3.8) is 0 Å². The standard InChI is InChI=1S/C16H12ClFN2O/c17-13-2-1-3-14(18)15(13)16-19-8-9-20(16)10-11-4-6-12(21)7-5-11/h1-9,21H,10H2. The van der Waals surface area contributed by atoms with Crippen LogP contribution < -0.4 is 0 Å². The van der Waals surface area contributed by atoms with Crippen LogP contribution in [0.5, 0.6) is 5.75 Å². The normalized spacial score (nSPS) is 10.8. The van der Waals surface area contributed by atoms with Gasteiger partial charge in [-0.2, -0.15) is 0 Å². The van der Waals surface area contributed by atoms with Gasteiger partial charge in [0.2, 0.25) is 0 Å². The summed E-state index contributed by atoms with van der Waals surface area (Å²) in [5.41, 5.74) is 1.27. The van der Waals surface area contributed by atoms with E-state index in [0.717, 1.165) is 5.56 Å². The highest BCUT2D eigenvalue weighted by molar-refractivity contribution is 6.33. The second-order valence-electron chi connectivity index (χ2n) is 4.64. The lowest BCUT2D eigenvalue weighted by atomic mass is 10.1. The van der Waals surface area contributed by atoms with Gasteiger partial charge in [0.25, 0.3) is 0 Å². The van der Waals surface area contributed by atoms with Gasteiger partial charge in [-0.25, -0.2) is 9.37 Å². The topological polar surface area (TPSA) is 38.0 Å². The SMILES string of the molecule is Oc1ccc(Cn2ccnc2-c2c(F)cccc2Cl)cc1. The minimum Gasteiger partial charge on any atom is -0.508 e. The van der Waals surface area contributed by atoms with E-state index in [-0.39, 0.29) is 5.75 Å². The molecule has 0 fully saturated rings. The third-order valence-electron chi connectivity index (χ3n) is 3.19. The van der Waals surface area contributed by atoms with Crippen molar-refractivity contribution in [2.45, 2.75) is 6.54 Å². The second-order valence-corrected chi connectivity index (χ2v) is 5.05. The van der Waals surface area contributed by atoms with Crippen molar-refractivity contribution in [2.75, 3.05) is 0 Å². The molecule has 3 nitrogen and oxygen atoms in total. The molecule has 0 spiro atoms. The number of nitrogens with zero attached hydrogens (tertiary/aromatic N) is 2. The molecule has 1 N–H and O–H groups in total. The van der Waals surface area contributed by atoms with Gasteiger partial charge in [-0.3, -0.25) is 0 Å². The summed E-state index contributed by atoms with van der Waals surface area (Å²) in [5, 5.41) is 9.63. The molecular weight excluding hydrogens is 291 g/mol. The summed E-state index contributed by atoms with van der Waals surface area (Å²) in [6.07, 6.45) is 3.38. The van der Waals surface area contributed by atoms with Gasteiger partial charge >= 0.3 is 0 Å². The van der Waals surface area contributed by atoms with Crippen LogP contribution in [0.3, 0.4) is 0 Å². The van der Waals surface area contributed by atoms with E-state index in [0.29, 0.717) is 23.0 Å². The Kier molecular flexibility index (Phi) is 3.62. The van der Waals surface area contributed by atoms with Crippen LogP contribution >= 0.6 is 11.6 Å². The number of aromatic nitrogens is 2. The highest BCUT2D eigenvalue weighted by Gasteiger charge is 2.14. The minimum absolute atomic E-state index is 0.210. The van der Waals surface area contributed by atoms with E-state index < -0.39 is 5.82 Å². The van der Waals surface area contributed by atoms with Crippen LogP contribution in [0.25, 0.3) is 11.4 Å². The van der Waals surface area contributed by atoms with Gasteiger partial charge in [0.05, 0.1) is 10.6 Å². The van der Waals surface area contributed by atoms with E-state index in [2.05, 4.69) is 4.98 Å². The Morgan fingerprint density at radius 2 is 1.90 bits per heavy atom. The average Bonchev–Trinajstić information content (AvgIpc) is 2.89. The molecule has 5 heteroatoms. The second kappa shape index (κ2) is 5.58. The molecule has 0 aliphatic carbocycles. The van der Waals surface area contributed by atoms with Crippen LogP contribution in [0.1, 0.15) is 5.56 Å². The average molecular weight is 303 g/mol.